The molecule has 1 aromatic carbocycles. The maximum Gasteiger partial charge on any atom is 0.236 e. The van der Waals surface area contributed by atoms with E-state index in [4.69, 9.17) is 9.26 Å². The van der Waals surface area contributed by atoms with Gasteiger partial charge in [0.15, 0.2) is 0 Å². The number of nitrogens with zero attached hydrogens (tertiary/aromatic N) is 3. The number of fused-ring (bicyclic) bond motifs is 1. The Balaban J connectivity index is 1.58. The summed E-state index contributed by atoms with van der Waals surface area (Å²) >= 11 is 0. The molecule has 0 aliphatic carbocycles. The fourth-order valence-corrected chi connectivity index (χ4v) is 2.96. The van der Waals surface area contributed by atoms with Gasteiger partial charge in [-0.2, -0.15) is 4.98 Å². The van der Waals surface area contributed by atoms with Crippen LogP contribution >= 0.6 is 0 Å². The third kappa shape index (κ3) is 2.30. The minimum Gasteiger partial charge on any atom is -0.384 e. The maximum absolute atomic E-state index is 5.74. The van der Waals surface area contributed by atoms with Crippen LogP contribution in [-0.4, -0.2) is 48.3 Å². The van der Waals surface area contributed by atoms with E-state index < -0.39 is 0 Å². The molecule has 1 fully saturated rings. The summed E-state index contributed by atoms with van der Waals surface area (Å²) in [5.41, 5.74) is 2.37. The van der Waals surface area contributed by atoms with Crippen molar-refractivity contribution in [2.75, 3.05) is 38.6 Å². The zero-order valence-corrected chi connectivity index (χ0v) is 12.0. The Morgan fingerprint density at radius 3 is 3.14 bits per heavy atom. The van der Waals surface area contributed by atoms with E-state index in [9.17, 15) is 0 Å². The second kappa shape index (κ2) is 5.13. The number of benzene rings is 1. The van der Waals surface area contributed by atoms with Crippen LogP contribution in [0.4, 0.5) is 5.69 Å². The van der Waals surface area contributed by atoms with Gasteiger partial charge < -0.3 is 19.5 Å². The van der Waals surface area contributed by atoms with Crippen molar-refractivity contribution in [1.82, 2.24) is 15.0 Å². The quantitative estimate of drug-likeness (QED) is 0.905. The molecule has 110 valence electrons. The van der Waals surface area contributed by atoms with Crippen molar-refractivity contribution in [1.29, 1.82) is 0 Å². The van der Waals surface area contributed by atoms with Crippen molar-refractivity contribution >= 4 is 5.69 Å². The highest BCUT2D eigenvalue weighted by molar-refractivity contribution is 5.59. The maximum atomic E-state index is 5.74. The zero-order chi connectivity index (χ0) is 14.2. The first kappa shape index (κ1) is 12.8. The monoisotopic (exact) mass is 286 g/mol. The fraction of sp³-hybridized carbons (Fsp3) is 0.467. The van der Waals surface area contributed by atoms with Gasteiger partial charge in [0, 0.05) is 25.3 Å². The van der Waals surface area contributed by atoms with Crippen LogP contribution in [-0.2, 0) is 4.74 Å². The Morgan fingerprint density at radius 2 is 2.24 bits per heavy atom. The predicted octanol–water partition coefficient (Wildman–Crippen LogP) is 1.63. The second-order valence-corrected chi connectivity index (χ2v) is 5.63. The summed E-state index contributed by atoms with van der Waals surface area (Å²) in [4.78, 5) is 6.80. The van der Waals surface area contributed by atoms with Crippen LogP contribution in [0.1, 0.15) is 29.3 Å². The molecule has 2 aliphatic heterocycles. The molecule has 21 heavy (non-hydrogen) atoms. The van der Waals surface area contributed by atoms with Crippen molar-refractivity contribution in [2.45, 2.75) is 12.0 Å². The third-order valence-electron chi connectivity index (χ3n) is 4.15. The van der Waals surface area contributed by atoms with Crippen molar-refractivity contribution in [3.63, 3.8) is 0 Å². The van der Waals surface area contributed by atoms with Crippen LogP contribution in [0, 0.1) is 0 Å². The number of para-hydroxylation sites is 1. The van der Waals surface area contributed by atoms with Crippen LogP contribution in [0.2, 0.25) is 0 Å². The van der Waals surface area contributed by atoms with Gasteiger partial charge in [0.25, 0.3) is 0 Å². The Morgan fingerprint density at radius 1 is 1.33 bits per heavy atom. The van der Waals surface area contributed by atoms with E-state index in [1.54, 1.807) is 0 Å². The van der Waals surface area contributed by atoms with Gasteiger partial charge in [-0.3, -0.25) is 0 Å². The van der Waals surface area contributed by atoms with E-state index in [1.807, 2.05) is 12.1 Å². The summed E-state index contributed by atoms with van der Waals surface area (Å²) in [5, 5.41) is 7.50. The Labute approximate surface area is 123 Å². The summed E-state index contributed by atoms with van der Waals surface area (Å²) in [5.74, 6) is 1.45. The lowest BCUT2D eigenvalue weighted by Gasteiger charge is -2.27. The number of anilines is 1. The number of hydrogen-bond donors (Lipinski definition) is 1. The first-order chi connectivity index (χ1) is 10.3. The lowest BCUT2D eigenvalue weighted by atomic mass is 10.0. The van der Waals surface area contributed by atoms with E-state index >= 15 is 0 Å². The molecule has 6 nitrogen and oxygen atoms in total. The summed E-state index contributed by atoms with van der Waals surface area (Å²) in [6.45, 7) is 3.25. The van der Waals surface area contributed by atoms with E-state index in [0.29, 0.717) is 18.3 Å². The number of aromatic nitrogens is 2. The Kier molecular flexibility index (Phi) is 3.12. The molecule has 0 radical (unpaired) electrons. The summed E-state index contributed by atoms with van der Waals surface area (Å²) in [6, 6.07) is 8.25. The van der Waals surface area contributed by atoms with Gasteiger partial charge in [-0.25, -0.2) is 0 Å². The van der Waals surface area contributed by atoms with E-state index in [1.165, 1.54) is 5.56 Å². The molecule has 2 unspecified atom stereocenters. The highest BCUT2D eigenvalue weighted by Crippen LogP contribution is 2.35. The van der Waals surface area contributed by atoms with E-state index in [-0.39, 0.29) is 12.0 Å². The number of hydrogen-bond acceptors (Lipinski definition) is 6. The minimum atomic E-state index is -0.0918. The first-order valence-corrected chi connectivity index (χ1v) is 7.27. The molecule has 2 aromatic rings. The van der Waals surface area contributed by atoms with Gasteiger partial charge >= 0.3 is 0 Å². The molecule has 0 bridgehead atoms. The topological polar surface area (TPSA) is 63.4 Å². The van der Waals surface area contributed by atoms with Crippen LogP contribution in [0.5, 0.6) is 0 Å². The molecule has 6 heteroatoms. The summed E-state index contributed by atoms with van der Waals surface area (Å²) in [6.07, 6.45) is -0.0918. The Bertz CT molecular complexity index is 642. The molecule has 1 saturated heterocycles. The molecule has 4 rings (SSSR count). The van der Waals surface area contributed by atoms with Crippen molar-refractivity contribution < 1.29 is 9.26 Å². The number of rotatable bonds is 2. The SMILES string of the molecule is CN1CCOC(c2noc(C3CNc4ccccc43)n2)C1. The number of likely N-dealkylation sites (N-methyl/N-ethyl adjacent to an activating group) is 1. The summed E-state index contributed by atoms with van der Waals surface area (Å²) < 4.78 is 11.2. The smallest absolute Gasteiger partial charge is 0.236 e. The lowest BCUT2D eigenvalue weighted by molar-refractivity contribution is -0.0264. The molecular weight excluding hydrogens is 268 g/mol. The third-order valence-corrected chi connectivity index (χ3v) is 4.15. The van der Waals surface area contributed by atoms with Gasteiger partial charge in [0.2, 0.25) is 11.7 Å². The standard InChI is InChI=1S/C15H18N4O2/c1-19-6-7-20-13(9-19)14-17-15(21-18-14)11-8-16-12-5-3-2-4-10(11)12/h2-5,11,13,16H,6-9H2,1H3. The zero-order valence-electron chi connectivity index (χ0n) is 12.0. The number of morpholine rings is 1. The second-order valence-electron chi connectivity index (χ2n) is 5.63. The average Bonchev–Trinajstić information content (AvgIpc) is 3.14. The van der Waals surface area contributed by atoms with Gasteiger partial charge in [0.05, 0.1) is 12.5 Å². The normalized spacial score (nSPS) is 25.6. The minimum absolute atomic E-state index is 0.0918. The first-order valence-electron chi connectivity index (χ1n) is 7.27. The van der Waals surface area contributed by atoms with Crippen molar-refractivity contribution in [2.24, 2.45) is 0 Å². The van der Waals surface area contributed by atoms with Crippen molar-refractivity contribution in [3.05, 3.63) is 41.5 Å². The molecule has 1 aromatic heterocycles. The van der Waals surface area contributed by atoms with Crippen LogP contribution in [0.3, 0.4) is 0 Å². The molecular formula is C15H18N4O2. The number of ether oxygens (including phenoxy) is 1. The summed E-state index contributed by atoms with van der Waals surface area (Å²) in [7, 11) is 2.08. The molecule has 3 heterocycles. The van der Waals surface area contributed by atoms with Gasteiger partial charge in [-0.15, -0.1) is 0 Å². The fourth-order valence-electron chi connectivity index (χ4n) is 2.96. The average molecular weight is 286 g/mol. The highest BCUT2D eigenvalue weighted by Gasteiger charge is 2.30. The molecule has 2 atom stereocenters. The molecule has 0 saturated carbocycles. The van der Waals surface area contributed by atoms with Gasteiger partial charge in [0.1, 0.15) is 6.10 Å². The van der Waals surface area contributed by atoms with Gasteiger partial charge in [-0.05, 0) is 18.7 Å². The van der Waals surface area contributed by atoms with E-state index in [2.05, 4.69) is 39.5 Å². The van der Waals surface area contributed by atoms with Crippen LogP contribution in [0.15, 0.2) is 28.8 Å². The number of nitrogens with one attached hydrogen (secondary N) is 1. The van der Waals surface area contributed by atoms with Crippen LogP contribution < -0.4 is 5.32 Å². The predicted molar refractivity (Wildman–Crippen MR) is 77.3 cm³/mol. The molecule has 1 N–H and O–H groups in total. The van der Waals surface area contributed by atoms with Gasteiger partial charge in [-0.1, -0.05) is 23.4 Å². The van der Waals surface area contributed by atoms with Crippen molar-refractivity contribution in [3.8, 4) is 0 Å². The largest absolute Gasteiger partial charge is 0.384 e. The molecule has 0 spiro atoms. The van der Waals surface area contributed by atoms with E-state index in [0.717, 1.165) is 25.3 Å². The molecule has 0 amide bonds. The lowest BCUT2D eigenvalue weighted by Crippen LogP contribution is -2.35. The van der Waals surface area contributed by atoms with Crippen LogP contribution in [0.25, 0.3) is 0 Å². The highest BCUT2D eigenvalue weighted by atomic mass is 16.5. The Hall–Kier alpha value is -1.92. The molecule has 2 aliphatic rings.